The van der Waals surface area contributed by atoms with E-state index in [-0.39, 0.29) is 5.96 Å². The predicted molar refractivity (Wildman–Crippen MR) is 93.3 cm³/mol. The molecule has 1 aliphatic carbocycles. The van der Waals surface area contributed by atoms with Crippen LogP contribution in [0.3, 0.4) is 0 Å². The van der Waals surface area contributed by atoms with Crippen LogP contribution in [-0.4, -0.2) is 22.6 Å². The number of aromatic nitrogens is 1. The fourth-order valence-corrected chi connectivity index (χ4v) is 3.77. The lowest BCUT2D eigenvalue weighted by Crippen LogP contribution is -2.58. The van der Waals surface area contributed by atoms with Crippen LogP contribution in [0.5, 0.6) is 0 Å². The Morgan fingerprint density at radius 3 is 2.70 bits per heavy atom. The van der Waals surface area contributed by atoms with E-state index >= 15 is 0 Å². The van der Waals surface area contributed by atoms with Crippen molar-refractivity contribution in [3.63, 3.8) is 0 Å². The lowest BCUT2D eigenvalue weighted by molar-refractivity contribution is 0.306. The van der Waals surface area contributed by atoms with Gasteiger partial charge < -0.3 is 11.5 Å². The largest absolute Gasteiger partial charge is 0.369 e. The van der Waals surface area contributed by atoms with Gasteiger partial charge in [0.2, 0.25) is 11.9 Å². The molecule has 1 aromatic heterocycles. The summed E-state index contributed by atoms with van der Waals surface area (Å²) in [7, 11) is 0. The van der Waals surface area contributed by atoms with Crippen LogP contribution < -0.4 is 16.4 Å². The van der Waals surface area contributed by atoms with E-state index < -0.39 is 5.66 Å². The van der Waals surface area contributed by atoms with Gasteiger partial charge in [0.05, 0.1) is 5.69 Å². The maximum absolute atomic E-state index is 6.30. The maximum atomic E-state index is 6.30. The summed E-state index contributed by atoms with van der Waals surface area (Å²) in [5.41, 5.74) is 12.8. The predicted octanol–water partition coefficient (Wildman–Crippen LogP) is 2.34. The summed E-state index contributed by atoms with van der Waals surface area (Å²) in [5.74, 6) is 0.700. The maximum Gasteiger partial charge on any atom is 0.220 e. The molecular weight excluding hydrogens is 288 g/mol. The number of pyridine rings is 1. The topological polar surface area (TPSA) is 92.9 Å². The molecule has 0 radical (unpaired) electrons. The highest BCUT2D eigenvalue weighted by Crippen LogP contribution is 2.41. The fraction of sp³-hybridized carbons (Fsp3) is 0.353. The molecule has 2 heterocycles. The van der Waals surface area contributed by atoms with Crippen LogP contribution in [0.15, 0.2) is 46.6 Å². The summed E-state index contributed by atoms with van der Waals surface area (Å²) in [6, 6.07) is 8.15. The molecule has 6 heteroatoms. The van der Waals surface area contributed by atoms with E-state index in [1.54, 1.807) is 6.20 Å². The summed E-state index contributed by atoms with van der Waals surface area (Å²) in [6.07, 6.45) is 8.99. The van der Waals surface area contributed by atoms with E-state index in [1.807, 2.05) is 24.4 Å². The minimum absolute atomic E-state index is 0.280. The molecule has 1 spiro atoms. The van der Waals surface area contributed by atoms with Crippen LogP contribution in [0.1, 0.15) is 32.1 Å². The summed E-state index contributed by atoms with van der Waals surface area (Å²) >= 11 is 0. The molecule has 1 aromatic carbocycles. The van der Waals surface area contributed by atoms with Gasteiger partial charge in [0.25, 0.3) is 0 Å². The van der Waals surface area contributed by atoms with Gasteiger partial charge in [-0.25, -0.2) is 4.99 Å². The van der Waals surface area contributed by atoms with Crippen LogP contribution in [0.25, 0.3) is 10.8 Å². The van der Waals surface area contributed by atoms with Crippen molar-refractivity contribution in [1.29, 1.82) is 0 Å². The molecule has 1 fully saturated rings. The molecule has 23 heavy (non-hydrogen) atoms. The second-order valence-corrected chi connectivity index (χ2v) is 6.19. The first-order valence-electron chi connectivity index (χ1n) is 8.02. The lowest BCUT2D eigenvalue weighted by atomic mass is 9.87. The van der Waals surface area contributed by atoms with Crippen molar-refractivity contribution in [3.05, 3.63) is 36.7 Å². The number of nitrogens with two attached hydrogens (primary N) is 2. The number of hydrogen-bond donors (Lipinski definition) is 2. The average Bonchev–Trinajstić information content (AvgIpc) is 2.55. The molecule has 0 bridgehead atoms. The van der Waals surface area contributed by atoms with Crippen LogP contribution >= 0.6 is 0 Å². The second-order valence-electron chi connectivity index (χ2n) is 6.19. The van der Waals surface area contributed by atoms with Gasteiger partial charge in [-0.15, -0.1) is 0 Å². The van der Waals surface area contributed by atoms with Gasteiger partial charge in [-0.05, 0) is 37.8 Å². The smallest absolute Gasteiger partial charge is 0.220 e. The van der Waals surface area contributed by atoms with Crippen molar-refractivity contribution < 1.29 is 0 Å². The van der Waals surface area contributed by atoms with Gasteiger partial charge in [-0.3, -0.25) is 9.88 Å². The number of hydrogen-bond acceptors (Lipinski definition) is 6. The highest BCUT2D eigenvalue weighted by molar-refractivity contribution is 6.10. The highest BCUT2D eigenvalue weighted by atomic mass is 15.4. The van der Waals surface area contributed by atoms with Gasteiger partial charge in [-0.1, -0.05) is 18.6 Å². The Labute approximate surface area is 134 Å². The summed E-state index contributed by atoms with van der Waals surface area (Å²) in [4.78, 5) is 15.2. The summed E-state index contributed by atoms with van der Waals surface area (Å²) < 4.78 is 0. The first kappa shape index (κ1) is 14.0. The molecule has 4 N–H and O–H groups in total. The first-order chi connectivity index (χ1) is 11.2. The number of aliphatic imine (C=N–C) groups is 2. The molecule has 0 amide bonds. The number of guanidine groups is 2. The van der Waals surface area contributed by atoms with Crippen molar-refractivity contribution >= 4 is 28.4 Å². The SMILES string of the molecule is NC1=NC2(CCCCC2)N(c2cccc3cnccc23)C(N)=N1. The number of rotatable bonds is 1. The normalized spacial score (nSPS) is 20.4. The molecule has 0 unspecified atom stereocenters. The molecule has 0 atom stereocenters. The molecule has 0 saturated heterocycles. The Balaban J connectivity index is 1.92. The number of nitrogens with zero attached hydrogens (tertiary/aromatic N) is 4. The van der Waals surface area contributed by atoms with Crippen molar-refractivity contribution in [2.75, 3.05) is 4.90 Å². The molecule has 4 rings (SSSR count). The zero-order chi connectivity index (χ0) is 15.9. The molecule has 2 aliphatic rings. The van der Waals surface area contributed by atoms with Gasteiger partial charge in [0.1, 0.15) is 5.66 Å². The average molecular weight is 308 g/mol. The number of fused-ring (bicyclic) bond motifs is 1. The van der Waals surface area contributed by atoms with Crippen LogP contribution in [0.4, 0.5) is 5.69 Å². The van der Waals surface area contributed by atoms with E-state index in [4.69, 9.17) is 16.5 Å². The van der Waals surface area contributed by atoms with Gasteiger partial charge in [0, 0.05) is 23.2 Å². The number of benzene rings is 1. The second kappa shape index (κ2) is 5.22. The Bertz CT molecular complexity index is 798. The van der Waals surface area contributed by atoms with Crippen molar-refractivity contribution in [2.24, 2.45) is 21.5 Å². The van der Waals surface area contributed by atoms with Crippen molar-refractivity contribution in [3.8, 4) is 0 Å². The Hall–Kier alpha value is -2.63. The van der Waals surface area contributed by atoms with Gasteiger partial charge in [0.15, 0.2) is 0 Å². The minimum atomic E-state index is -0.411. The third-order valence-corrected chi connectivity index (χ3v) is 4.75. The van der Waals surface area contributed by atoms with Crippen molar-refractivity contribution in [2.45, 2.75) is 37.8 Å². The quantitative estimate of drug-likeness (QED) is 0.845. The summed E-state index contributed by atoms with van der Waals surface area (Å²) in [6.45, 7) is 0. The molecule has 1 saturated carbocycles. The zero-order valence-electron chi connectivity index (χ0n) is 12.9. The monoisotopic (exact) mass is 308 g/mol. The van der Waals surface area contributed by atoms with E-state index in [9.17, 15) is 0 Å². The van der Waals surface area contributed by atoms with Crippen LogP contribution in [0.2, 0.25) is 0 Å². The van der Waals surface area contributed by atoms with Crippen LogP contribution in [-0.2, 0) is 0 Å². The molecular formula is C17H20N6. The van der Waals surface area contributed by atoms with E-state index in [0.717, 1.165) is 42.1 Å². The Morgan fingerprint density at radius 2 is 1.87 bits per heavy atom. The van der Waals surface area contributed by atoms with E-state index in [2.05, 4.69) is 20.9 Å². The Kier molecular flexibility index (Phi) is 3.18. The molecule has 6 nitrogen and oxygen atoms in total. The highest BCUT2D eigenvalue weighted by Gasteiger charge is 2.42. The third-order valence-electron chi connectivity index (χ3n) is 4.75. The summed E-state index contributed by atoms with van der Waals surface area (Å²) in [5, 5.41) is 2.17. The van der Waals surface area contributed by atoms with E-state index in [0.29, 0.717) is 5.96 Å². The molecule has 2 aromatic rings. The number of anilines is 1. The van der Waals surface area contributed by atoms with Crippen LogP contribution in [0, 0.1) is 0 Å². The minimum Gasteiger partial charge on any atom is -0.369 e. The van der Waals surface area contributed by atoms with Gasteiger partial charge >= 0.3 is 0 Å². The van der Waals surface area contributed by atoms with Gasteiger partial charge in [-0.2, -0.15) is 4.99 Å². The first-order valence-corrected chi connectivity index (χ1v) is 8.02. The van der Waals surface area contributed by atoms with Crippen molar-refractivity contribution in [1.82, 2.24) is 4.98 Å². The third kappa shape index (κ3) is 2.21. The zero-order valence-corrected chi connectivity index (χ0v) is 12.9. The molecule has 1 aliphatic heterocycles. The standard InChI is InChI=1S/C17H20N6/c18-15-21-16(19)23(17(22-15)8-2-1-3-9-17)14-6-4-5-12-11-20-10-7-13(12)14/h4-7,10-11H,1-3,8-9H2,(H4,18,19,21,22). The fourth-order valence-electron chi connectivity index (χ4n) is 3.77. The van der Waals surface area contributed by atoms with E-state index in [1.165, 1.54) is 6.42 Å². The lowest BCUT2D eigenvalue weighted by Gasteiger charge is -2.46. The Morgan fingerprint density at radius 1 is 1.04 bits per heavy atom. The molecule has 118 valence electrons.